The number of rotatable bonds is 6. The van der Waals surface area contributed by atoms with Crippen LogP contribution in [0.4, 0.5) is 10.1 Å². The van der Waals surface area contributed by atoms with Gasteiger partial charge in [-0.2, -0.15) is 0 Å². The van der Waals surface area contributed by atoms with Gasteiger partial charge in [0.15, 0.2) is 11.5 Å². The molecule has 1 aliphatic heterocycles. The number of ether oxygens (including phenoxy) is 3. The van der Waals surface area contributed by atoms with Crippen molar-refractivity contribution in [2.24, 2.45) is 0 Å². The van der Waals surface area contributed by atoms with Crippen LogP contribution in [0.5, 0.6) is 17.2 Å². The fraction of sp³-hybridized carbons (Fsp3) is 0.143. The van der Waals surface area contributed by atoms with Crippen molar-refractivity contribution in [1.29, 1.82) is 0 Å². The summed E-state index contributed by atoms with van der Waals surface area (Å²) >= 11 is 0. The van der Waals surface area contributed by atoms with Crippen molar-refractivity contribution < 1.29 is 18.6 Å². The first kappa shape index (κ1) is 16.3. The van der Waals surface area contributed by atoms with Crippen molar-refractivity contribution in [2.45, 2.75) is 13.2 Å². The third kappa shape index (κ3) is 3.57. The number of anilines is 1. The van der Waals surface area contributed by atoms with Crippen LogP contribution in [0.1, 0.15) is 11.1 Å². The van der Waals surface area contributed by atoms with E-state index in [1.54, 1.807) is 18.2 Å². The molecule has 1 heterocycles. The van der Waals surface area contributed by atoms with E-state index in [-0.39, 0.29) is 19.2 Å². The lowest BCUT2D eigenvalue weighted by Crippen LogP contribution is -2.04. The lowest BCUT2D eigenvalue weighted by Gasteiger charge is -2.13. The van der Waals surface area contributed by atoms with E-state index in [2.05, 4.69) is 5.32 Å². The average Bonchev–Trinajstić information content (AvgIpc) is 3.14. The second-order valence-corrected chi connectivity index (χ2v) is 5.91. The molecule has 26 heavy (non-hydrogen) atoms. The van der Waals surface area contributed by atoms with Gasteiger partial charge >= 0.3 is 0 Å². The van der Waals surface area contributed by atoms with Crippen LogP contribution < -0.4 is 19.5 Å². The summed E-state index contributed by atoms with van der Waals surface area (Å²) in [5.41, 5.74) is 2.45. The van der Waals surface area contributed by atoms with Gasteiger partial charge in [-0.1, -0.05) is 36.4 Å². The quantitative estimate of drug-likeness (QED) is 0.696. The van der Waals surface area contributed by atoms with E-state index in [1.807, 2.05) is 42.5 Å². The Hall–Kier alpha value is -3.21. The van der Waals surface area contributed by atoms with Crippen molar-refractivity contribution in [1.82, 2.24) is 0 Å². The van der Waals surface area contributed by atoms with Crippen molar-refractivity contribution in [3.8, 4) is 17.2 Å². The Kier molecular flexibility index (Phi) is 4.60. The molecule has 0 radical (unpaired) electrons. The van der Waals surface area contributed by atoms with Gasteiger partial charge in [0.05, 0.1) is 0 Å². The highest BCUT2D eigenvalue weighted by molar-refractivity contribution is 5.56. The van der Waals surface area contributed by atoms with Crippen LogP contribution in [0.2, 0.25) is 0 Å². The summed E-state index contributed by atoms with van der Waals surface area (Å²) in [5.74, 6) is 1.95. The molecule has 132 valence electrons. The van der Waals surface area contributed by atoms with Gasteiger partial charge in [0, 0.05) is 29.4 Å². The van der Waals surface area contributed by atoms with Crippen LogP contribution in [-0.4, -0.2) is 6.79 Å². The maximum absolute atomic E-state index is 13.8. The van der Waals surface area contributed by atoms with Gasteiger partial charge in [-0.3, -0.25) is 0 Å². The molecule has 1 aliphatic rings. The van der Waals surface area contributed by atoms with E-state index < -0.39 is 0 Å². The summed E-state index contributed by atoms with van der Waals surface area (Å²) in [4.78, 5) is 0. The molecule has 0 unspecified atom stereocenters. The molecule has 0 aliphatic carbocycles. The van der Waals surface area contributed by atoms with Gasteiger partial charge in [0.1, 0.15) is 18.2 Å². The van der Waals surface area contributed by atoms with Gasteiger partial charge in [-0.15, -0.1) is 0 Å². The zero-order chi connectivity index (χ0) is 17.8. The molecular formula is C21H18FNO3. The fourth-order valence-corrected chi connectivity index (χ4v) is 2.77. The molecule has 0 bridgehead atoms. The molecule has 0 amide bonds. The number of nitrogens with one attached hydrogen (secondary N) is 1. The van der Waals surface area contributed by atoms with Crippen molar-refractivity contribution >= 4 is 5.69 Å². The first-order chi connectivity index (χ1) is 12.8. The van der Waals surface area contributed by atoms with Crippen LogP contribution in [-0.2, 0) is 13.2 Å². The van der Waals surface area contributed by atoms with E-state index in [4.69, 9.17) is 14.2 Å². The van der Waals surface area contributed by atoms with E-state index in [0.29, 0.717) is 12.1 Å². The minimum atomic E-state index is -0.261. The maximum atomic E-state index is 13.8. The predicted molar refractivity (Wildman–Crippen MR) is 97.1 cm³/mol. The Labute approximate surface area is 151 Å². The number of hydrogen-bond donors (Lipinski definition) is 1. The third-order valence-corrected chi connectivity index (χ3v) is 4.17. The Bertz CT molecular complexity index is 913. The smallest absolute Gasteiger partial charge is 0.231 e. The van der Waals surface area contributed by atoms with Crippen molar-refractivity contribution in [3.63, 3.8) is 0 Å². The van der Waals surface area contributed by atoms with Crippen LogP contribution >= 0.6 is 0 Å². The standard InChI is InChI=1S/C21H18FNO3/c22-18-7-3-1-6-16(18)13-24-19-8-4-2-5-15(19)12-23-17-9-10-20-21(11-17)26-14-25-20/h1-11,23H,12-14H2. The molecule has 4 nitrogen and oxygen atoms in total. The highest BCUT2D eigenvalue weighted by atomic mass is 19.1. The lowest BCUT2D eigenvalue weighted by atomic mass is 10.2. The molecule has 3 aromatic rings. The van der Waals surface area contributed by atoms with Gasteiger partial charge in [0.2, 0.25) is 6.79 Å². The number of para-hydroxylation sites is 1. The largest absolute Gasteiger partial charge is 0.488 e. The first-order valence-corrected chi connectivity index (χ1v) is 8.37. The fourth-order valence-electron chi connectivity index (χ4n) is 2.77. The lowest BCUT2D eigenvalue weighted by molar-refractivity contribution is 0.174. The molecule has 0 saturated heterocycles. The maximum Gasteiger partial charge on any atom is 0.231 e. The third-order valence-electron chi connectivity index (χ3n) is 4.17. The van der Waals surface area contributed by atoms with Crippen LogP contribution in [0.3, 0.4) is 0 Å². The van der Waals surface area contributed by atoms with E-state index in [0.717, 1.165) is 28.5 Å². The normalized spacial score (nSPS) is 12.0. The highest BCUT2D eigenvalue weighted by Crippen LogP contribution is 2.34. The Balaban J connectivity index is 1.43. The van der Waals surface area contributed by atoms with E-state index in [1.165, 1.54) is 6.07 Å². The highest BCUT2D eigenvalue weighted by Gasteiger charge is 2.13. The van der Waals surface area contributed by atoms with Gasteiger partial charge in [0.25, 0.3) is 0 Å². The van der Waals surface area contributed by atoms with E-state index >= 15 is 0 Å². The Morgan fingerprint density at radius 1 is 0.885 bits per heavy atom. The van der Waals surface area contributed by atoms with Gasteiger partial charge in [-0.25, -0.2) is 4.39 Å². The second kappa shape index (κ2) is 7.35. The molecule has 0 aromatic heterocycles. The SMILES string of the molecule is Fc1ccccc1COc1ccccc1CNc1ccc2c(c1)OCO2. The number of benzene rings is 3. The zero-order valence-electron chi connectivity index (χ0n) is 14.1. The molecule has 3 aromatic carbocycles. The van der Waals surface area contributed by atoms with Crippen LogP contribution in [0, 0.1) is 5.82 Å². The summed E-state index contributed by atoms with van der Waals surface area (Å²) in [5, 5.41) is 3.35. The van der Waals surface area contributed by atoms with Crippen molar-refractivity contribution in [3.05, 3.63) is 83.7 Å². The molecule has 0 saturated carbocycles. The number of hydrogen-bond acceptors (Lipinski definition) is 4. The summed E-state index contributed by atoms with van der Waals surface area (Å²) < 4.78 is 30.3. The monoisotopic (exact) mass is 351 g/mol. The molecular weight excluding hydrogens is 333 g/mol. The van der Waals surface area contributed by atoms with Gasteiger partial charge in [-0.05, 0) is 24.3 Å². The van der Waals surface area contributed by atoms with Gasteiger partial charge < -0.3 is 19.5 Å². The summed E-state index contributed by atoms with van der Waals surface area (Å²) in [6.45, 7) is 1.02. The first-order valence-electron chi connectivity index (χ1n) is 8.37. The molecule has 1 N–H and O–H groups in total. The van der Waals surface area contributed by atoms with Crippen LogP contribution in [0.25, 0.3) is 0 Å². The predicted octanol–water partition coefficient (Wildman–Crippen LogP) is 4.75. The number of halogens is 1. The van der Waals surface area contributed by atoms with Crippen LogP contribution in [0.15, 0.2) is 66.7 Å². The summed E-state index contributed by atoms with van der Waals surface area (Å²) in [6, 6.07) is 20.1. The molecule has 4 rings (SSSR count). The Morgan fingerprint density at radius 3 is 2.54 bits per heavy atom. The zero-order valence-corrected chi connectivity index (χ0v) is 14.1. The van der Waals surface area contributed by atoms with Crippen molar-refractivity contribution in [2.75, 3.05) is 12.1 Å². The molecule has 5 heteroatoms. The van der Waals surface area contributed by atoms with E-state index in [9.17, 15) is 4.39 Å². The topological polar surface area (TPSA) is 39.7 Å². The molecule has 0 atom stereocenters. The molecule has 0 spiro atoms. The average molecular weight is 351 g/mol. The second-order valence-electron chi connectivity index (χ2n) is 5.91. The Morgan fingerprint density at radius 2 is 1.65 bits per heavy atom. The minimum absolute atomic E-state index is 0.188. The minimum Gasteiger partial charge on any atom is -0.488 e. The molecule has 0 fully saturated rings. The summed E-state index contributed by atoms with van der Waals surface area (Å²) in [7, 11) is 0. The summed E-state index contributed by atoms with van der Waals surface area (Å²) in [6.07, 6.45) is 0. The number of fused-ring (bicyclic) bond motifs is 1.